The van der Waals surface area contributed by atoms with Crippen molar-refractivity contribution in [2.75, 3.05) is 27.2 Å². The summed E-state index contributed by atoms with van der Waals surface area (Å²) in [6, 6.07) is 0. The minimum atomic E-state index is 0.963. The molecule has 0 bridgehead atoms. The highest BCUT2D eigenvalue weighted by atomic mass is 15.3. The van der Waals surface area contributed by atoms with Gasteiger partial charge in [-0.1, -0.05) is 13.2 Å². The Morgan fingerprint density at radius 2 is 1.27 bits per heavy atom. The van der Waals surface area contributed by atoms with Crippen molar-refractivity contribution in [3.63, 3.8) is 0 Å². The first-order chi connectivity index (χ1) is 4.83. The number of rotatable bonds is 4. The molecule has 64 valence electrons. The monoisotopic (exact) mass is 154 g/mol. The second-order valence-corrected chi connectivity index (χ2v) is 4.17. The normalized spacial score (nSPS) is 11.3. The molecule has 0 aromatic carbocycles. The Kier molecular flexibility index (Phi) is 3.53. The lowest BCUT2D eigenvalue weighted by Gasteiger charge is -2.30. The van der Waals surface area contributed by atoms with E-state index in [-0.39, 0.29) is 0 Å². The standard InChI is InChI=1S/C10H20N/c1-9(2)7-11(5,6)8-10(3)4/h1,3,7-8H2,2,4-6H3/q+1. The summed E-state index contributed by atoms with van der Waals surface area (Å²) in [6.45, 7) is 14.0. The van der Waals surface area contributed by atoms with Gasteiger partial charge in [-0.15, -0.1) is 0 Å². The third-order valence-electron chi connectivity index (χ3n) is 1.40. The first kappa shape index (κ1) is 10.4. The summed E-state index contributed by atoms with van der Waals surface area (Å²) in [5.41, 5.74) is 2.47. The zero-order chi connectivity index (χ0) is 9.07. The lowest BCUT2D eigenvalue weighted by molar-refractivity contribution is -0.880. The van der Waals surface area contributed by atoms with Crippen molar-refractivity contribution < 1.29 is 4.48 Å². The second kappa shape index (κ2) is 3.72. The summed E-state index contributed by atoms with van der Waals surface area (Å²) in [7, 11) is 4.40. The maximum atomic E-state index is 3.90. The third-order valence-corrected chi connectivity index (χ3v) is 1.40. The van der Waals surface area contributed by atoms with Crippen LogP contribution < -0.4 is 0 Å². The van der Waals surface area contributed by atoms with Gasteiger partial charge >= 0.3 is 0 Å². The van der Waals surface area contributed by atoms with Crippen molar-refractivity contribution in [1.82, 2.24) is 0 Å². The molecule has 0 aliphatic heterocycles. The molecule has 1 nitrogen and oxygen atoms in total. The summed E-state index contributed by atoms with van der Waals surface area (Å²) in [5.74, 6) is 0. The molecular weight excluding hydrogens is 134 g/mol. The Morgan fingerprint density at radius 3 is 1.45 bits per heavy atom. The van der Waals surface area contributed by atoms with Crippen molar-refractivity contribution in [3.05, 3.63) is 24.3 Å². The van der Waals surface area contributed by atoms with Gasteiger partial charge in [-0.25, -0.2) is 0 Å². The van der Waals surface area contributed by atoms with Crippen molar-refractivity contribution in [2.24, 2.45) is 0 Å². The molecule has 0 unspecified atom stereocenters. The molecule has 0 atom stereocenters. The number of hydrogen-bond donors (Lipinski definition) is 0. The summed E-state index contributed by atoms with van der Waals surface area (Å²) >= 11 is 0. The first-order valence-electron chi connectivity index (χ1n) is 3.94. The Balaban J connectivity index is 3.99. The topological polar surface area (TPSA) is 0 Å². The van der Waals surface area contributed by atoms with E-state index in [1.165, 1.54) is 11.1 Å². The number of hydrogen-bond acceptors (Lipinski definition) is 0. The van der Waals surface area contributed by atoms with Gasteiger partial charge in [0.2, 0.25) is 0 Å². The predicted octanol–water partition coefficient (Wildman–Crippen LogP) is 2.21. The molecule has 0 rings (SSSR count). The molecular formula is C10H20N+. The van der Waals surface area contributed by atoms with Crippen molar-refractivity contribution in [2.45, 2.75) is 13.8 Å². The molecule has 0 radical (unpaired) electrons. The number of quaternary nitrogens is 1. The summed E-state index contributed by atoms with van der Waals surface area (Å²) in [4.78, 5) is 0. The molecule has 0 aromatic rings. The van der Waals surface area contributed by atoms with Crippen molar-refractivity contribution in [3.8, 4) is 0 Å². The smallest absolute Gasteiger partial charge is 0.0996 e. The number of likely N-dealkylation sites (N-methyl/N-ethyl adjacent to an activating group) is 1. The second-order valence-electron chi connectivity index (χ2n) is 4.17. The molecule has 0 heterocycles. The molecule has 0 saturated carbocycles. The average Bonchev–Trinajstić information content (AvgIpc) is 1.53. The zero-order valence-corrected chi connectivity index (χ0v) is 8.28. The molecule has 0 N–H and O–H groups in total. The highest BCUT2D eigenvalue weighted by molar-refractivity contribution is 4.91. The molecule has 11 heavy (non-hydrogen) atoms. The van der Waals surface area contributed by atoms with Crippen LogP contribution in [-0.4, -0.2) is 31.7 Å². The highest BCUT2D eigenvalue weighted by Crippen LogP contribution is 2.05. The van der Waals surface area contributed by atoms with Gasteiger partial charge in [0.1, 0.15) is 0 Å². The Labute approximate surface area is 70.6 Å². The van der Waals surface area contributed by atoms with Gasteiger partial charge in [0.15, 0.2) is 0 Å². The molecule has 0 fully saturated rings. The van der Waals surface area contributed by atoms with Crippen molar-refractivity contribution >= 4 is 0 Å². The van der Waals surface area contributed by atoms with Gasteiger partial charge in [0.05, 0.1) is 27.2 Å². The first-order valence-corrected chi connectivity index (χ1v) is 3.94. The lowest BCUT2D eigenvalue weighted by Crippen LogP contribution is -2.41. The van der Waals surface area contributed by atoms with E-state index in [0.717, 1.165) is 17.6 Å². The van der Waals surface area contributed by atoms with Crippen LogP contribution in [0, 0.1) is 0 Å². The van der Waals surface area contributed by atoms with E-state index in [1.54, 1.807) is 0 Å². The molecule has 0 amide bonds. The highest BCUT2D eigenvalue weighted by Gasteiger charge is 2.14. The molecule has 0 saturated heterocycles. The lowest BCUT2D eigenvalue weighted by atomic mass is 10.2. The van der Waals surface area contributed by atoms with Crippen LogP contribution in [0.15, 0.2) is 24.3 Å². The molecule has 0 aromatic heterocycles. The van der Waals surface area contributed by atoms with E-state index in [0.29, 0.717) is 0 Å². The predicted molar refractivity (Wildman–Crippen MR) is 51.5 cm³/mol. The van der Waals surface area contributed by atoms with Crippen LogP contribution in [0.5, 0.6) is 0 Å². The van der Waals surface area contributed by atoms with Gasteiger partial charge in [0.25, 0.3) is 0 Å². The molecule has 1 heteroatoms. The average molecular weight is 154 g/mol. The zero-order valence-electron chi connectivity index (χ0n) is 8.28. The van der Waals surface area contributed by atoms with E-state index in [2.05, 4.69) is 41.1 Å². The van der Waals surface area contributed by atoms with Crippen LogP contribution in [0.2, 0.25) is 0 Å². The third kappa shape index (κ3) is 5.86. The van der Waals surface area contributed by atoms with Crippen molar-refractivity contribution in [1.29, 1.82) is 0 Å². The van der Waals surface area contributed by atoms with E-state index >= 15 is 0 Å². The molecule has 0 aliphatic carbocycles. The Bertz CT molecular complexity index is 148. The van der Waals surface area contributed by atoms with E-state index < -0.39 is 0 Å². The van der Waals surface area contributed by atoms with E-state index in [9.17, 15) is 0 Å². The maximum absolute atomic E-state index is 3.90. The minimum Gasteiger partial charge on any atom is -0.322 e. The van der Waals surface area contributed by atoms with Crippen LogP contribution >= 0.6 is 0 Å². The Morgan fingerprint density at radius 1 is 1.00 bits per heavy atom. The van der Waals surface area contributed by atoms with Gasteiger partial charge in [-0.3, -0.25) is 0 Å². The fourth-order valence-electron chi connectivity index (χ4n) is 1.52. The fourth-order valence-corrected chi connectivity index (χ4v) is 1.52. The molecule has 0 aliphatic rings. The maximum Gasteiger partial charge on any atom is 0.0996 e. The van der Waals surface area contributed by atoms with Crippen LogP contribution in [0.1, 0.15) is 13.8 Å². The number of nitrogens with zero attached hydrogens (tertiary/aromatic N) is 1. The van der Waals surface area contributed by atoms with E-state index in [4.69, 9.17) is 0 Å². The SMILES string of the molecule is C=C(C)C[N+](C)(C)CC(=C)C. The fraction of sp³-hybridized carbons (Fsp3) is 0.600. The summed E-state index contributed by atoms with van der Waals surface area (Å²) < 4.78 is 0.963. The quantitative estimate of drug-likeness (QED) is 0.430. The summed E-state index contributed by atoms with van der Waals surface area (Å²) in [5, 5.41) is 0. The van der Waals surface area contributed by atoms with Gasteiger partial charge in [-0.2, -0.15) is 0 Å². The van der Waals surface area contributed by atoms with Crippen LogP contribution in [0.3, 0.4) is 0 Å². The van der Waals surface area contributed by atoms with Gasteiger partial charge in [0, 0.05) is 0 Å². The van der Waals surface area contributed by atoms with Crippen LogP contribution in [0.4, 0.5) is 0 Å². The summed E-state index contributed by atoms with van der Waals surface area (Å²) in [6.07, 6.45) is 0. The molecule has 0 spiro atoms. The van der Waals surface area contributed by atoms with E-state index in [1.807, 2.05) is 0 Å². The Hall–Kier alpha value is -0.560. The van der Waals surface area contributed by atoms with Gasteiger partial charge < -0.3 is 4.48 Å². The van der Waals surface area contributed by atoms with Crippen LogP contribution in [0.25, 0.3) is 0 Å². The van der Waals surface area contributed by atoms with Gasteiger partial charge in [-0.05, 0) is 25.0 Å². The largest absolute Gasteiger partial charge is 0.322 e. The van der Waals surface area contributed by atoms with Crippen LogP contribution in [-0.2, 0) is 0 Å². The minimum absolute atomic E-state index is 0.963.